The highest BCUT2D eigenvalue weighted by Crippen LogP contribution is 2.08. The van der Waals surface area contributed by atoms with Crippen LogP contribution in [0.15, 0.2) is 11.1 Å². The maximum atomic E-state index is 11.4. The molecule has 0 fully saturated rings. The molecule has 0 bridgehead atoms. The fourth-order valence-electron chi connectivity index (χ4n) is 0.757. The Morgan fingerprint density at radius 2 is 1.69 bits per heavy atom. The molecule has 74 valence electrons. The number of rotatable bonds is 4. The first kappa shape index (κ1) is 11.8. The lowest BCUT2D eigenvalue weighted by atomic mass is 10.0. The van der Waals surface area contributed by atoms with Crippen LogP contribution in [-0.4, -0.2) is 30.1 Å². The standard InChI is InChI=1S/C9H14O4/c1-5(6(2)9(11)12)8(10)7(3)13-4/h7H,1-4H3,(H,11,12). The lowest BCUT2D eigenvalue weighted by Crippen LogP contribution is -2.21. The zero-order valence-corrected chi connectivity index (χ0v) is 8.25. The van der Waals surface area contributed by atoms with Gasteiger partial charge in [0.1, 0.15) is 6.10 Å². The van der Waals surface area contributed by atoms with Gasteiger partial charge in [-0.25, -0.2) is 4.79 Å². The molecular formula is C9H14O4. The van der Waals surface area contributed by atoms with Gasteiger partial charge in [0, 0.05) is 18.3 Å². The molecule has 0 radical (unpaired) electrons. The van der Waals surface area contributed by atoms with Gasteiger partial charge in [0.25, 0.3) is 0 Å². The molecule has 0 aromatic carbocycles. The van der Waals surface area contributed by atoms with Gasteiger partial charge in [0.15, 0.2) is 5.78 Å². The fourth-order valence-corrected chi connectivity index (χ4v) is 0.757. The zero-order chi connectivity index (χ0) is 10.6. The molecule has 4 nitrogen and oxygen atoms in total. The highest BCUT2D eigenvalue weighted by molar-refractivity contribution is 6.04. The van der Waals surface area contributed by atoms with Crippen LogP contribution in [0.4, 0.5) is 0 Å². The van der Waals surface area contributed by atoms with Crippen LogP contribution >= 0.6 is 0 Å². The molecule has 1 unspecified atom stereocenters. The summed E-state index contributed by atoms with van der Waals surface area (Å²) in [6.07, 6.45) is -0.589. The van der Waals surface area contributed by atoms with Crippen LogP contribution < -0.4 is 0 Å². The third kappa shape index (κ3) is 2.99. The van der Waals surface area contributed by atoms with E-state index in [0.717, 1.165) is 0 Å². The molecule has 0 saturated carbocycles. The van der Waals surface area contributed by atoms with Gasteiger partial charge in [0.2, 0.25) is 0 Å². The van der Waals surface area contributed by atoms with Gasteiger partial charge in [-0.1, -0.05) is 0 Å². The molecule has 1 atom stereocenters. The first-order valence-corrected chi connectivity index (χ1v) is 3.89. The monoisotopic (exact) mass is 186 g/mol. The van der Waals surface area contributed by atoms with Crippen molar-refractivity contribution in [3.8, 4) is 0 Å². The van der Waals surface area contributed by atoms with Crippen molar-refractivity contribution in [2.24, 2.45) is 0 Å². The molecule has 0 heterocycles. The van der Waals surface area contributed by atoms with Crippen LogP contribution in [0.5, 0.6) is 0 Å². The number of carbonyl (C=O) groups excluding carboxylic acids is 1. The number of carboxylic acid groups (broad SMARTS) is 1. The van der Waals surface area contributed by atoms with E-state index in [9.17, 15) is 9.59 Å². The smallest absolute Gasteiger partial charge is 0.331 e. The molecule has 0 aromatic rings. The van der Waals surface area contributed by atoms with Crippen molar-refractivity contribution in [3.05, 3.63) is 11.1 Å². The van der Waals surface area contributed by atoms with Crippen molar-refractivity contribution in [2.45, 2.75) is 26.9 Å². The van der Waals surface area contributed by atoms with E-state index in [1.54, 1.807) is 6.92 Å². The van der Waals surface area contributed by atoms with Gasteiger partial charge in [0.05, 0.1) is 0 Å². The number of ketones is 1. The van der Waals surface area contributed by atoms with Crippen molar-refractivity contribution in [2.75, 3.05) is 7.11 Å². The molecular weight excluding hydrogens is 172 g/mol. The molecule has 0 aromatic heterocycles. The maximum absolute atomic E-state index is 11.4. The number of carboxylic acids is 1. The number of aliphatic carboxylic acids is 1. The quantitative estimate of drug-likeness (QED) is 0.665. The lowest BCUT2D eigenvalue weighted by molar-refractivity contribution is -0.133. The predicted octanol–water partition coefficient (Wildman–Crippen LogP) is 1.01. The minimum absolute atomic E-state index is 0.0638. The van der Waals surface area contributed by atoms with Gasteiger partial charge < -0.3 is 9.84 Å². The highest BCUT2D eigenvalue weighted by atomic mass is 16.5. The van der Waals surface area contributed by atoms with Crippen LogP contribution in [0.2, 0.25) is 0 Å². The van der Waals surface area contributed by atoms with Crippen LogP contribution in [-0.2, 0) is 14.3 Å². The molecule has 0 rings (SSSR count). The molecule has 0 aliphatic carbocycles. The topological polar surface area (TPSA) is 63.6 Å². The minimum atomic E-state index is -1.07. The Kier molecular flexibility index (Phi) is 4.34. The second kappa shape index (κ2) is 4.77. The summed E-state index contributed by atoms with van der Waals surface area (Å²) in [6.45, 7) is 4.47. The van der Waals surface area contributed by atoms with Gasteiger partial charge >= 0.3 is 5.97 Å². The Bertz CT molecular complexity index is 252. The van der Waals surface area contributed by atoms with Crippen molar-refractivity contribution >= 4 is 11.8 Å². The lowest BCUT2D eigenvalue weighted by Gasteiger charge is -2.09. The van der Waals surface area contributed by atoms with Crippen molar-refractivity contribution in [1.29, 1.82) is 0 Å². The van der Waals surface area contributed by atoms with E-state index in [1.807, 2.05) is 0 Å². The molecule has 0 aliphatic rings. The second-order valence-corrected chi connectivity index (χ2v) is 2.80. The van der Waals surface area contributed by atoms with Gasteiger partial charge in [-0.15, -0.1) is 0 Å². The normalized spacial score (nSPS) is 14.8. The summed E-state index contributed by atoms with van der Waals surface area (Å²) in [4.78, 5) is 21.9. The average molecular weight is 186 g/mol. The van der Waals surface area contributed by atoms with E-state index in [1.165, 1.54) is 21.0 Å². The number of hydrogen-bond donors (Lipinski definition) is 1. The van der Waals surface area contributed by atoms with Crippen molar-refractivity contribution < 1.29 is 19.4 Å². The van der Waals surface area contributed by atoms with E-state index >= 15 is 0 Å². The summed E-state index contributed by atoms with van der Waals surface area (Å²) >= 11 is 0. The Morgan fingerprint density at radius 1 is 1.23 bits per heavy atom. The van der Waals surface area contributed by atoms with Gasteiger partial charge in [-0.3, -0.25) is 4.79 Å². The van der Waals surface area contributed by atoms with E-state index in [4.69, 9.17) is 9.84 Å². The molecule has 1 N–H and O–H groups in total. The van der Waals surface area contributed by atoms with E-state index in [0.29, 0.717) is 0 Å². The summed E-state index contributed by atoms with van der Waals surface area (Å²) in [5, 5.41) is 8.60. The largest absolute Gasteiger partial charge is 0.478 e. The predicted molar refractivity (Wildman–Crippen MR) is 47.5 cm³/mol. The van der Waals surface area contributed by atoms with Crippen molar-refractivity contribution in [3.63, 3.8) is 0 Å². The number of ether oxygens (including phenoxy) is 1. The molecule has 0 amide bonds. The summed E-state index contributed by atoms with van der Waals surface area (Å²) in [5.41, 5.74) is 0.302. The Hall–Kier alpha value is -1.16. The number of hydrogen-bond acceptors (Lipinski definition) is 3. The van der Waals surface area contributed by atoms with Crippen LogP contribution in [0.1, 0.15) is 20.8 Å². The minimum Gasteiger partial charge on any atom is -0.478 e. The van der Waals surface area contributed by atoms with E-state index in [-0.39, 0.29) is 16.9 Å². The van der Waals surface area contributed by atoms with Crippen LogP contribution in [0.3, 0.4) is 0 Å². The first-order chi connectivity index (χ1) is 5.91. The van der Waals surface area contributed by atoms with Crippen LogP contribution in [0.25, 0.3) is 0 Å². The summed E-state index contributed by atoms with van der Waals surface area (Å²) in [7, 11) is 1.41. The Labute approximate surface area is 77.2 Å². The van der Waals surface area contributed by atoms with E-state index in [2.05, 4.69) is 0 Å². The van der Waals surface area contributed by atoms with Gasteiger partial charge in [-0.05, 0) is 20.8 Å². The SMILES string of the molecule is COC(C)C(=O)C(C)=C(C)C(=O)O. The third-order valence-electron chi connectivity index (χ3n) is 1.98. The Balaban J connectivity index is 4.78. The fraction of sp³-hybridized carbons (Fsp3) is 0.556. The highest BCUT2D eigenvalue weighted by Gasteiger charge is 2.17. The summed E-state index contributed by atoms with van der Waals surface area (Å²) in [6, 6.07) is 0. The number of methoxy groups -OCH3 is 1. The molecule has 0 spiro atoms. The summed E-state index contributed by atoms with van der Waals surface area (Å²) < 4.78 is 4.79. The molecule has 0 aliphatic heterocycles. The number of carbonyl (C=O) groups is 2. The maximum Gasteiger partial charge on any atom is 0.331 e. The average Bonchev–Trinajstić information content (AvgIpc) is 2.12. The summed E-state index contributed by atoms with van der Waals surface area (Å²) in [5.74, 6) is -1.36. The number of Topliss-reactive ketones (excluding diaryl/α,β-unsaturated/α-hetero) is 1. The molecule has 0 saturated heterocycles. The van der Waals surface area contributed by atoms with Crippen molar-refractivity contribution in [1.82, 2.24) is 0 Å². The zero-order valence-electron chi connectivity index (χ0n) is 8.25. The van der Waals surface area contributed by atoms with E-state index < -0.39 is 12.1 Å². The first-order valence-electron chi connectivity index (χ1n) is 3.89. The third-order valence-corrected chi connectivity index (χ3v) is 1.98. The molecule has 13 heavy (non-hydrogen) atoms. The second-order valence-electron chi connectivity index (χ2n) is 2.80. The van der Waals surface area contributed by atoms with Crippen LogP contribution in [0, 0.1) is 0 Å². The Morgan fingerprint density at radius 3 is 2.00 bits per heavy atom. The molecule has 4 heteroatoms. The van der Waals surface area contributed by atoms with Gasteiger partial charge in [-0.2, -0.15) is 0 Å².